The van der Waals surface area contributed by atoms with E-state index in [1.54, 1.807) is 0 Å². The van der Waals surface area contributed by atoms with Crippen LogP contribution in [-0.2, 0) is 17.9 Å². The number of hydrogen-bond donors (Lipinski definition) is 2. The van der Waals surface area contributed by atoms with Gasteiger partial charge >= 0.3 is 0 Å². The number of para-hydroxylation sites is 1. The summed E-state index contributed by atoms with van der Waals surface area (Å²) in [6, 6.07) is 18.1. The van der Waals surface area contributed by atoms with Gasteiger partial charge < -0.3 is 20.0 Å². The summed E-state index contributed by atoms with van der Waals surface area (Å²) < 4.78 is 5.85. The molecule has 1 saturated heterocycles. The van der Waals surface area contributed by atoms with Gasteiger partial charge in [-0.3, -0.25) is 4.79 Å². The third-order valence-corrected chi connectivity index (χ3v) is 4.99. The second-order valence-electron chi connectivity index (χ2n) is 7.11. The van der Waals surface area contributed by atoms with Crippen LogP contribution in [0.25, 0.3) is 11.0 Å². The van der Waals surface area contributed by atoms with Gasteiger partial charge in [-0.05, 0) is 43.2 Å². The van der Waals surface area contributed by atoms with E-state index in [0.29, 0.717) is 19.5 Å². The Morgan fingerprint density at radius 3 is 2.63 bits per heavy atom. The lowest BCUT2D eigenvalue weighted by Gasteiger charge is -2.15. The van der Waals surface area contributed by atoms with E-state index >= 15 is 0 Å². The van der Waals surface area contributed by atoms with Gasteiger partial charge in [0.05, 0.1) is 13.1 Å². The molecular formula is C23H27IN4O2. The van der Waals surface area contributed by atoms with Crippen LogP contribution in [0.15, 0.2) is 64.0 Å². The van der Waals surface area contributed by atoms with Gasteiger partial charge in [0.2, 0.25) is 5.91 Å². The van der Waals surface area contributed by atoms with E-state index < -0.39 is 0 Å². The van der Waals surface area contributed by atoms with Crippen molar-refractivity contribution >= 4 is 52.5 Å². The number of nitrogens with zero attached hydrogens (tertiary/aromatic N) is 2. The van der Waals surface area contributed by atoms with Crippen LogP contribution < -0.4 is 15.5 Å². The first-order chi connectivity index (χ1) is 14.2. The van der Waals surface area contributed by atoms with Crippen LogP contribution in [0, 0.1) is 0 Å². The Morgan fingerprint density at radius 2 is 1.93 bits per heavy atom. The lowest BCUT2D eigenvalue weighted by Crippen LogP contribution is -2.36. The number of nitrogens with one attached hydrogen (secondary N) is 2. The molecule has 0 unspecified atom stereocenters. The quantitative estimate of drug-likeness (QED) is 0.288. The zero-order valence-corrected chi connectivity index (χ0v) is 19.4. The Hall–Kier alpha value is -2.55. The number of aliphatic imine (C=N–C) groups is 1. The number of anilines is 1. The molecule has 1 aromatic heterocycles. The van der Waals surface area contributed by atoms with Crippen molar-refractivity contribution in [3.8, 4) is 0 Å². The summed E-state index contributed by atoms with van der Waals surface area (Å²) in [5.74, 6) is 1.82. The molecule has 0 spiro atoms. The van der Waals surface area contributed by atoms with E-state index in [4.69, 9.17) is 4.42 Å². The molecule has 30 heavy (non-hydrogen) atoms. The van der Waals surface area contributed by atoms with E-state index in [9.17, 15) is 4.79 Å². The SMILES string of the molecule is CCNC(=NCc1ccc(N2CCCC2=O)cc1)NCc1cc2ccccc2o1.I. The standard InChI is InChI=1S/C23H26N4O2.HI/c1-2-24-23(26-16-20-14-18-6-3-4-7-21(18)29-20)25-15-17-9-11-19(12-10-17)27-13-5-8-22(27)28;/h3-4,6-7,9-12,14H,2,5,8,13,15-16H2,1H3,(H2,24,25,26);1H. The number of amides is 1. The number of hydrogen-bond acceptors (Lipinski definition) is 3. The van der Waals surface area contributed by atoms with E-state index in [1.165, 1.54) is 0 Å². The van der Waals surface area contributed by atoms with Gasteiger partial charge in [0.25, 0.3) is 0 Å². The summed E-state index contributed by atoms with van der Waals surface area (Å²) in [6.07, 6.45) is 1.59. The minimum atomic E-state index is 0. The zero-order valence-electron chi connectivity index (χ0n) is 17.1. The topological polar surface area (TPSA) is 69.9 Å². The first-order valence-electron chi connectivity index (χ1n) is 10.1. The smallest absolute Gasteiger partial charge is 0.227 e. The molecule has 1 fully saturated rings. The molecule has 6 nitrogen and oxygen atoms in total. The van der Waals surface area contributed by atoms with Crippen molar-refractivity contribution in [2.45, 2.75) is 32.9 Å². The molecule has 0 bridgehead atoms. The van der Waals surface area contributed by atoms with Gasteiger partial charge in [-0.2, -0.15) is 0 Å². The van der Waals surface area contributed by atoms with Crippen LogP contribution >= 0.6 is 24.0 Å². The average molecular weight is 518 g/mol. The van der Waals surface area contributed by atoms with Crippen molar-refractivity contribution in [2.75, 3.05) is 18.0 Å². The van der Waals surface area contributed by atoms with Crippen molar-refractivity contribution in [3.05, 3.63) is 65.9 Å². The number of carbonyl (C=O) groups excluding carboxylic acids is 1. The molecule has 1 aliphatic rings. The highest BCUT2D eigenvalue weighted by Crippen LogP contribution is 2.22. The van der Waals surface area contributed by atoms with Crippen LogP contribution in [-0.4, -0.2) is 25.0 Å². The maximum absolute atomic E-state index is 11.9. The normalized spacial score (nSPS) is 14.1. The molecule has 0 radical (unpaired) electrons. The van der Waals surface area contributed by atoms with Crippen LogP contribution in [0.4, 0.5) is 5.69 Å². The summed E-state index contributed by atoms with van der Waals surface area (Å²) in [7, 11) is 0. The second-order valence-corrected chi connectivity index (χ2v) is 7.11. The van der Waals surface area contributed by atoms with Crippen molar-refractivity contribution in [1.29, 1.82) is 0 Å². The van der Waals surface area contributed by atoms with Crippen molar-refractivity contribution < 1.29 is 9.21 Å². The third kappa shape index (κ3) is 5.33. The van der Waals surface area contributed by atoms with Gasteiger partial charge in [-0.1, -0.05) is 30.3 Å². The van der Waals surface area contributed by atoms with Gasteiger partial charge in [-0.25, -0.2) is 4.99 Å². The monoisotopic (exact) mass is 518 g/mol. The fourth-order valence-corrected chi connectivity index (χ4v) is 3.51. The minimum absolute atomic E-state index is 0. The first kappa shape index (κ1) is 22.1. The molecule has 0 atom stereocenters. The number of carbonyl (C=O) groups is 1. The molecule has 2 heterocycles. The number of furan rings is 1. The maximum Gasteiger partial charge on any atom is 0.227 e. The van der Waals surface area contributed by atoms with Crippen LogP contribution in [0.5, 0.6) is 0 Å². The van der Waals surface area contributed by atoms with E-state index in [0.717, 1.165) is 53.5 Å². The molecule has 158 valence electrons. The van der Waals surface area contributed by atoms with Crippen molar-refractivity contribution in [3.63, 3.8) is 0 Å². The number of halogens is 1. The molecule has 2 aromatic carbocycles. The molecular weight excluding hydrogens is 491 g/mol. The second kappa shape index (κ2) is 10.5. The molecule has 0 saturated carbocycles. The van der Waals surface area contributed by atoms with Crippen LogP contribution in [0.1, 0.15) is 31.1 Å². The summed E-state index contributed by atoms with van der Waals surface area (Å²) in [4.78, 5) is 18.4. The molecule has 2 N–H and O–H groups in total. The molecule has 0 aliphatic carbocycles. The zero-order chi connectivity index (χ0) is 20.1. The first-order valence-corrected chi connectivity index (χ1v) is 10.1. The van der Waals surface area contributed by atoms with E-state index in [-0.39, 0.29) is 29.9 Å². The molecule has 3 aromatic rings. The van der Waals surface area contributed by atoms with E-state index in [2.05, 4.69) is 15.6 Å². The number of rotatable bonds is 6. The summed E-state index contributed by atoms with van der Waals surface area (Å²) in [5, 5.41) is 7.69. The predicted molar refractivity (Wildman–Crippen MR) is 131 cm³/mol. The minimum Gasteiger partial charge on any atom is -0.459 e. The largest absolute Gasteiger partial charge is 0.459 e. The number of fused-ring (bicyclic) bond motifs is 1. The predicted octanol–water partition coefficient (Wildman–Crippen LogP) is 4.43. The van der Waals surface area contributed by atoms with E-state index in [1.807, 2.05) is 66.4 Å². The summed E-state index contributed by atoms with van der Waals surface area (Å²) in [6.45, 7) is 4.76. The number of guanidine groups is 1. The lowest BCUT2D eigenvalue weighted by atomic mass is 10.2. The van der Waals surface area contributed by atoms with Crippen LogP contribution in [0.3, 0.4) is 0 Å². The highest BCUT2D eigenvalue weighted by atomic mass is 127. The fourth-order valence-electron chi connectivity index (χ4n) is 3.51. The van der Waals surface area contributed by atoms with Gasteiger partial charge in [0.15, 0.2) is 5.96 Å². The highest BCUT2D eigenvalue weighted by Gasteiger charge is 2.21. The summed E-state index contributed by atoms with van der Waals surface area (Å²) >= 11 is 0. The van der Waals surface area contributed by atoms with Crippen LogP contribution in [0.2, 0.25) is 0 Å². The van der Waals surface area contributed by atoms with Crippen molar-refractivity contribution in [2.24, 2.45) is 4.99 Å². The Labute approximate surface area is 193 Å². The molecule has 1 aliphatic heterocycles. The molecule has 1 amide bonds. The molecule has 7 heteroatoms. The highest BCUT2D eigenvalue weighted by molar-refractivity contribution is 14.0. The Kier molecular flexibility index (Phi) is 7.73. The maximum atomic E-state index is 11.9. The Bertz CT molecular complexity index is 980. The molecule has 4 rings (SSSR count). The van der Waals surface area contributed by atoms with Crippen molar-refractivity contribution in [1.82, 2.24) is 10.6 Å². The van der Waals surface area contributed by atoms with Gasteiger partial charge in [0.1, 0.15) is 11.3 Å². The van der Waals surface area contributed by atoms with Gasteiger partial charge in [-0.15, -0.1) is 24.0 Å². The summed E-state index contributed by atoms with van der Waals surface area (Å²) in [5.41, 5.74) is 2.96. The average Bonchev–Trinajstić information content (AvgIpc) is 3.36. The number of benzene rings is 2. The Morgan fingerprint density at radius 1 is 1.13 bits per heavy atom. The third-order valence-electron chi connectivity index (χ3n) is 4.99. The Balaban J connectivity index is 0.00000256. The fraction of sp³-hybridized carbons (Fsp3) is 0.304. The van der Waals surface area contributed by atoms with Gasteiger partial charge in [0, 0.05) is 30.6 Å². The lowest BCUT2D eigenvalue weighted by molar-refractivity contribution is -0.117.